The van der Waals surface area contributed by atoms with Crippen LogP contribution in [0.15, 0.2) is 94.6 Å². The Morgan fingerprint density at radius 1 is 1.04 bits per heavy atom. The van der Waals surface area contributed by atoms with Crippen molar-refractivity contribution < 1.29 is 38.1 Å². The van der Waals surface area contributed by atoms with Gasteiger partial charge in [0, 0.05) is 5.39 Å². The fourth-order valence-electron chi connectivity index (χ4n) is 5.18. The maximum atomic E-state index is 14.1. The highest BCUT2D eigenvalue weighted by Crippen LogP contribution is 2.45. The highest BCUT2D eigenvalue weighted by atomic mass is 32.1. The maximum absolute atomic E-state index is 14.1. The van der Waals surface area contributed by atoms with E-state index in [-0.39, 0.29) is 27.9 Å². The van der Waals surface area contributed by atoms with Crippen molar-refractivity contribution in [3.8, 4) is 11.5 Å². The molecule has 1 aliphatic rings. The number of anilines is 1. The average molecular weight is 625 g/mol. The number of fused-ring (bicyclic) bond motifs is 1. The molecule has 45 heavy (non-hydrogen) atoms. The Hall–Kier alpha value is -5.42. The molecule has 228 valence electrons. The zero-order chi connectivity index (χ0) is 31.7. The maximum Gasteiger partial charge on any atom is 0.350 e. The highest BCUT2D eigenvalue weighted by molar-refractivity contribution is 7.17. The van der Waals surface area contributed by atoms with Crippen molar-refractivity contribution in [1.82, 2.24) is 4.98 Å². The van der Waals surface area contributed by atoms with E-state index in [2.05, 4.69) is 4.98 Å². The van der Waals surface area contributed by atoms with Crippen molar-refractivity contribution >= 4 is 45.1 Å². The summed E-state index contributed by atoms with van der Waals surface area (Å²) in [6, 6.07) is 22.2. The van der Waals surface area contributed by atoms with Crippen LogP contribution >= 0.6 is 11.3 Å². The molecule has 1 amide bonds. The number of hydrogen-bond acceptors (Lipinski definition) is 10. The quantitative estimate of drug-likeness (QED) is 0.133. The van der Waals surface area contributed by atoms with Crippen LogP contribution in [0.4, 0.5) is 5.13 Å². The number of carbonyl (C=O) groups is 3. The summed E-state index contributed by atoms with van der Waals surface area (Å²) in [6.45, 7) is 3.77. The number of rotatable bonds is 10. The predicted molar refractivity (Wildman–Crippen MR) is 167 cm³/mol. The van der Waals surface area contributed by atoms with Crippen LogP contribution in [0.1, 0.15) is 50.0 Å². The van der Waals surface area contributed by atoms with Gasteiger partial charge >= 0.3 is 5.97 Å². The van der Waals surface area contributed by atoms with Gasteiger partial charge in [0.1, 0.15) is 17.2 Å². The zero-order valence-electron chi connectivity index (χ0n) is 24.6. The Morgan fingerprint density at radius 3 is 2.58 bits per heavy atom. The normalized spacial score (nSPS) is 14.7. The fraction of sp³-hybridized carbons (Fsp3) is 0.176. The van der Waals surface area contributed by atoms with E-state index in [0.29, 0.717) is 40.3 Å². The second-order valence-electron chi connectivity index (χ2n) is 10.1. The number of methoxy groups -OCH3 is 1. The van der Waals surface area contributed by atoms with Gasteiger partial charge in [0.2, 0.25) is 5.78 Å². The van der Waals surface area contributed by atoms with E-state index >= 15 is 0 Å². The summed E-state index contributed by atoms with van der Waals surface area (Å²) in [5.41, 5.74) is 1.93. The van der Waals surface area contributed by atoms with Crippen LogP contribution in [0, 0.1) is 6.92 Å². The van der Waals surface area contributed by atoms with Crippen molar-refractivity contribution in [2.24, 2.45) is 0 Å². The topological polar surface area (TPSA) is 128 Å². The molecule has 5 aromatic rings. The molecule has 0 spiro atoms. The molecule has 0 saturated heterocycles. The van der Waals surface area contributed by atoms with E-state index in [1.807, 2.05) is 30.3 Å². The summed E-state index contributed by atoms with van der Waals surface area (Å²) >= 11 is 0.938. The van der Waals surface area contributed by atoms with Crippen LogP contribution in [0.25, 0.3) is 11.0 Å². The number of Topliss-reactive ketones (excluding diaryl/α,β-unsaturated/α-hetero) is 1. The van der Waals surface area contributed by atoms with Gasteiger partial charge in [-0.15, -0.1) is 0 Å². The van der Waals surface area contributed by atoms with Crippen LogP contribution in [0.3, 0.4) is 0 Å². The second kappa shape index (κ2) is 12.3. The van der Waals surface area contributed by atoms with E-state index in [1.165, 1.54) is 18.1 Å². The SMILES string of the molecule is CCOC(=O)c1sc(N2C(=O)C(O)=C(C(=O)c3cc4cccc(OC)c4o3)C2c2cccc(OCc3ccccc3)c2)nc1C. The van der Waals surface area contributed by atoms with Gasteiger partial charge in [-0.05, 0) is 49.2 Å². The van der Waals surface area contributed by atoms with Gasteiger partial charge in [0.15, 0.2) is 28.0 Å². The number of para-hydroxylation sites is 1. The van der Waals surface area contributed by atoms with E-state index < -0.39 is 29.5 Å². The molecule has 1 unspecified atom stereocenters. The molecule has 2 aromatic heterocycles. The lowest BCUT2D eigenvalue weighted by Crippen LogP contribution is -2.31. The van der Waals surface area contributed by atoms with Gasteiger partial charge in [-0.25, -0.2) is 9.78 Å². The molecular formula is C34H28N2O8S. The van der Waals surface area contributed by atoms with Crippen molar-refractivity contribution in [2.45, 2.75) is 26.5 Å². The molecule has 3 aromatic carbocycles. The molecule has 0 bridgehead atoms. The molecule has 10 nitrogen and oxygen atoms in total. The molecule has 0 fully saturated rings. The molecule has 6 rings (SSSR count). The molecule has 1 N–H and O–H groups in total. The first-order chi connectivity index (χ1) is 21.8. The number of hydrogen-bond donors (Lipinski definition) is 1. The minimum absolute atomic E-state index is 0.0882. The van der Waals surface area contributed by atoms with E-state index in [1.54, 1.807) is 56.3 Å². The summed E-state index contributed by atoms with van der Waals surface area (Å²) in [4.78, 5) is 46.4. The third-order valence-corrected chi connectivity index (χ3v) is 8.42. The minimum atomic E-state index is -1.12. The third kappa shape index (κ3) is 5.53. The van der Waals surface area contributed by atoms with Crippen LogP contribution < -0.4 is 14.4 Å². The molecular weight excluding hydrogens is 596 g/mol. The first-order valence-electron chi connectivity index (χ1n) is 14.1. The summed E-state index contributed by atoms with van der Waals surface area (Å²) in [5.74, 6) is -2.05. The monoisotopic (exact) mass is 624 g/mol. The van der Waals surface area contributed by atoms with Gasteiger partial charge in [0.05, 0.1) is 31.0 Å². The summed E-state index contributed by atoms with van der Waals surface area (Å²) in [5, 5.41) is 12.0. The van der Waals surface area contributed by atoms with Crippen LogP contribution in [-0.4, -0.2) is 41.5 Å². The van der Waals surface area contributed by atoms with Gasteiger partial charge < -0.3 is 23.7 Å². The summed E-state index contributed by atoms with van der Waals surface area (Å²) in [6.07, 6.45) is 0. The largest absolute Gasteiger partial charge is 0.503 e. The van der Waals surface area contributed by atoms with Crippen molar-refractivity contribution in [2.75, 3.05) is 18.6 Å². The molecule has 0 saturated carbocycles. The molecule has 3 heterocycles. The number of carbonyl (C=O) groups excluding carboxylic acids is 3. The minimum Gasteiger partial charge on any atom is -0.503 e. The smallest absolute Gasteiger partial charge is 0.350 e. The molecule has 1 aliphatic heterocycles. The number of amides is 1. The average Bonchev–Trinajstić information content (AvgIpc) is 3.74. The fourth-order valence-corrected chi connectivity index (χ4v) is 6.17. The Bertz CT molecular complexity index is 1960. The Kier molecular flexibility index (Phi) is 8.10. The first kappa shape index (κ1) is 29.6. The van der Waals surface area contributed by atoms with Gasteiger partial charge in [0.25, 0.3) is 5.91 Å². The van der Waals surface area contributed by atoms with E-state index in [0.717, 1.165) is 16.9 Å². The highest BCUT2D eigenvalue weighted by Gasteiger charge is 2.47. The number of ether oxygens (including phenoxy) is 3. The molecule has 0 radical (unpaired) electrons. The van der Waals surface area contributed by atoms with Crippen LogP contribution in [0.5, 0.6) is 11.5 Å². The van der Waals surface area contributed by atoms with Gasteiger partial charge in [-0.1, -0.05) is 65.9 Å². The second-order valence-corrected chi connectivity index (χ2v) is 11.1. The number of thiazole rings is 1. The number of ketones is 1. The van der Waals surface area contributed by atoms with Crippen molar-refractivity contribution in [1.29, 1.82) is 0 Å². The number of benzene rings is 3. The standard InChI is InChI=1S/C34H28N2O8S/c1-4-42-33(40)31-19(2)35-34(45-31)36-27(21-12-8-14-23(16-21)43-18-20-10-6-5-7-11-20)26(29(38)32(36)39)28(37)25-17-22-13-9-15-24(41-3)30(22)44-25/h5-17,27,38H,4,18H2,1-3H3. The number of aliphatic hydroxyl groups excluding tert-OH is 1. The number of aryl methyl sites for hydroxylation is 1. The zero-order valence-corrected chi connectivity index (χ0v) is 25.4. The number of nitrogens with zero attached hydrogens (tertiary/aromatic N) is 2. The number of furan rings is 1. The lowest BCUT2D eigenvalue weighted by atomic mass is 9.95. The van der Waals surface area contributed by atoms with E-state index in [4.69, 9.17) is 18.6 Å². The molecule has 11 heteroatoms. The lowest BCUT2D eigenvalue weighted by molar-refractivity contribution is -0.117. The Morgan fingerprint density at radius 2 is 1.82 bits per heavy atom. The molecule has 0 aliphatic carbocycles. The third-order valence-electron chi connectivity index (χ3n) is 7.28. The van der Waals surface area contributed by atoms with Crippen molar-refractivity contribution in [3.05, 3.63) is 118 Å². The number of aliphatic hydroxyl groups is 1. The number of esters is 1. The van der Waals surface area contributed by atoms with Crippen molar-refractivity contribution in [3.63, 3.8) is 0 Å². The summed E-state index contributed by atoms with van der Waals surface area (Å²) in [7, 11) is 1.49. The Labute approximate surface area is 262 Å². The number of aromatic nitrogens is 1. The predicted octanol–water partition coefficient (Wildman–Crippen LogP) is 6.74. The van der Waals surface area contributed by atoms with Gasteiger partial charge in [-0.2, -0.15) is 0 Å². The van der Waals surface area contributed by atoms with Gasteiger partial charge in [-0.3, -0.25) is 14.5 Å². The van der Waals surface area contributed by atoms with E-state index in [9.17, 15) is 19.5 Å². The van der Waals surface area contributed by atoms with Crippen LogP contribution in [0.2, 0.25) is 0 Å². The molecule has 1 atom stereocenters. The van der Waals surface area contributed by atoms with Crippen LogP contribution in [-0.2, 0) is 16.1 Å². The Balaban J connectivity index is 1.44. The summed E-state index contributed by atoms with van der Waals surface area (Å²) < 4.78 is 22.5. The lowest BCUT2D eigenvalue weighted by Gasteiger charge is -2.24. The first-order valence-corrected chi connectivity index (χ1v) is 14.9.